The number of nitrogens with one attached hydrogen (secondary N) is 2. The molecule has 1 aromatic carbocycles. The molecule has 41 heavy (non-hydrogen) atoms. The van der Waals surface area contributed by atoms with E-state index >= 15 is 0 Å². The standard InChI is InChI=1S/C29H46N6O5S/c1-7-11-34-18-23-26(30-28(37)27(23)32(6)20-34)22-17-21(9-10-24(22)40-16-8-2)41(38,39)35-14-12-33(13-15-35)19-25(36)31-29(3,4)5/h9-10,17,26H,7-8,11-16,18-20H2,1-6H3,(H,30,37)(H,31,36). The number of rotatable bonds is 10. The molecule has 12 heteroatoms. The van der Waals surface area contributed by atoms with Crippen molar-refractivity contribution >= 4 is 21.8 Å². The van der Waals surface area contributed by atoms with Gasteiger partial charge in [0.1, 0.15) is 11.4 Å². The Morgan fingerprint density at radius 3 is 2.44 bits per heavy atom. The van der Waals surface area contributed by atoms with Crippen molar-refractivity contribution in [3.8, 4) is 5.75 Å². The summed E-state index contributed by atoms with van der Waals surface area (Å²) in [5.41, 5.74) is 1.94. The van der Waals surface area contributed by atoms with Gasteiger partial charge in [0.2, 0.25) is 15.9 Å². The largest absolute Gasteiger partial charge is 0.493 e. The fraction of sp³-hybridized carbons (Fsp3) is 0.655. The molecule has 1 fully saturated rings. The van der Waals surface area contributed by atoms with E-state index < -0.39 is 16.1 Å². The Morgan fingerprint density at radius 2 is 1.80 bits per heavy atom. The molecule has 0 radical (unpaired) electrons. The van der Waals surface area contributed by atoms with Gasteiger partial charge in [-0.1, -0.05) is 13.8 Å². The number of benzene rings is 1. The van der Waals surface area contributed by atoms with E-state index in [9.17, 15) is 18.0 Å². The number of carbonyl (C=O) groups excluding carboxylic acids is 2. The Kier molecular flexibility index (Phi) is 9.67. The van der Waals surface area contributed by atoms with Crippen LogP contribution in [0.4, 0.5) is 0 Å². The zero-order valence-electron chi connectivity index (χ0n) is 25.3. The molecule has 4 rings (SSSR count). The number of likely N-dealkylation sites (N-methyl/N-ethyl adjacent to an activating group) is 1. The van der Waals surface area contributed by atoms with Crippen LogP contribution in [0.2, 0.25) is 0 Å². The monoisotopic (exact) mass is 590 g/mol. The van der Waals surface area contributed by atoms with Crippen LogP contribution < -0.4 is 15.4 Å². The van der Waals surface area contributed by atoms with E-state index in [4.69, 9.17) is 4.74 Å². The van der Waals surface area contributed by atoms with Crippen LogP contribution in [0.25, 0.3) is 0 Å². The third kappa shape index (κ3) is 7.22. The SMILES string of the molecule is CCCOc1ccc(S(=O)(=O)N2CCN(CC(=O)NC(C)(C)C)CC2)cc1C1NC(=O)C2=C1CN(CCC)CN2C. The van der Waals surface area contributed by atoms with Crippen molar-refractivity contribution in [1.82, 2.24) is 29.6 Å². The van der Waals surface area contributed by atoms with Crippen LogP contribution in [0.5, 0.6) is 5.75 Å². The lowest BCUT2D eigenvalue weighted by molar-refractivity contribution is -0.124. The van der Waals surface area contributed by atoms with Gasteiger partial charge < -0.3 is 20.3 Å². The molecule has 0 saturated carbocycles. The zero-order valence-corrected chi connectivity index (χ0v) is 26.1. The zero-order chi connectivity index (χ0) is 29.9. The quantitative estimate of drug-likeness (QED) is 0.424. The number of ether oxygens (including phenoxy) is 1. The number of nitrogens with zero attached hydrogens (tertiary/aromatic N) is 4. The number of amides is 2. The molecular weight excluding hydrogens is 544 g/mol. The minimum Gasteiger partial charge on any atom is -0.493 e. The van der Waals surface area contributed by atoms with Gasteiger partial charge in [0.05, 0.1) is 30.8 Å². The summed E-state index contributed by atoms with van der Waals surface area (Å²) in [5.74, 6) is 0.360. The van der Waals surface area contributed by atoms with Gasteiger partial charge in [-0.2, -0.15) is 4.31 Å². The lowest BCUT2D eigenvalue weighted by atomic mass is 9.97. The maximum absolute atomic E-state index is 13.8. The molecule has 2 amide bonds. The van der Waals surface area contributed by atoms with E-state index in [1.165, 1.54) is 4.31 Å². The highest BCUT2D eigenvalue weighted by atomic mass is 32.2. The minimum atomic E-state index is -3.80. The Hall–Kier alpha value is -2.67. The third-order valence-corrected chi connectivity index (χ3v) is 9.37. The molecule has 0 spiro atoms. The van der Waals surface area contributed by atoms with Crippen LogP contribution in [-0.4, -0.2) is 111 Å². The second-order valence-corrected chi connectivity index (χ2v) is 14.1. The van der Waals surface area contributed by atoms with E-state index in [-0.39, 0.29) is 28.8 Å². The molecule has 228 valence electrons. The molecular formula is C29H46N6O5S. The maximum Gasteiger partial charge on any atom is 0.268 e. The highest BCUT2D eigenvalue weighted by Crippen LogP contribution is 2.40. The van der Waals surface area contributed by atoms with Crippen molar-refractivity contribution in [2.45, 2.75) is 63.9 Å². The Bertz CT molecular complexity index is 1270. The van der Waals surface area contributed by atoms with Gasteiger partial charge in [0.25, 0.3) is 5.91 Å². The first-order chi connectivity index (χ1) is 19.3. The fourth-order valence-corrected chi connectivity index (χ4v) is 7.20. The predicted molar refractivity (Wildman–Crippen MR) is 158 cm³/mol. The first-order valence-corrected chi connectivity index (χ1v) is 16.1. The lowest BCUT2D eigenvalue weighted by Crippen LogP contribution is -2.52. The summed E-state index contributed by atoms with van der Waals surface area (Å²) in [6.07, 6.45) is 1.80. The van der Waals surface area contributed by atoms with Crippen molar-refractivity contribution in [2.75, 3.05) is 66.1 Å². The van der Waals surface area contributed by atoms with Crippen LogP contribution in [0.15, 0.2) is 34.4 Å². The van der Waals surface area contributed by atoms with Crippen molar-refractivity contribution in [2.24, 2.45) is 0 Å². The third-order valence-electron chi connectivity index (χ3n) is 7.48. The van der Waals surface area contributed by atoms with Crippen LogP contribution in [0.3, 0.4) is 0 Å². The van der Waals surface area contributed by atoms with Crippen LogP contribution >= 0.6 is 0 Å². The van der Waals surface area contributed by atoms with Gasteiger partial charge in [0, 0.05) is 50.9 Å². The van der Waals surface area contributed by atoms with Gasteiger partial charge in [-0.3, -0.25) is 19.4 Å². The number of hydrogen-bond donors (Lipinski definition) is 2. The normalized spacial score (nSPS) is 21.2. The smallest absolute Gasteiger partial charge is 0.268 e. The van der Waals surface area contributed by atoms with Crippen LogP contribution in [-0.2, 0) is 19.6 Å². The molecule has 0 aliphatic carbocycles. The topological polar surface area (TPSA) is 115 Å². The molecule has 1 unspecified atom stereocenters. The summed E-state index contributed by atoms with van der Waals surface area (Å²) in [7, 11) is -1.89. The molecule has 1 atom stereocenters. The van der Waals surface area contributed by atoms with Gasteiger partial charge in [0.15, 0.2) is 0 Å². The summed E-state index contributed by atoms with van der Waals surface area (Å²) in [6, 6.07) is 4.50. The number of sulfonamides is 1. The van der Waals surface area contributed by atoms with E-state index in [0.29, 0.717) is 63.0 Å². The van der Waals surface area contributed by atoms with E-state index in [1.807, 2.05) is 44.5 Å². The number of carbonyl (C=O) groups is 2. The van der Waals surface area contributed by atoms with E-state index in [1.54, 1.807) is 18.2 Å². The van der Waals surface area contributed by atoms with Crippen molar-refractivity contribution in [1.29, 1.82) is 0 Å². The van der Waals surface area contributed by atoms with Crippen molar-refractivity contribution in [3.63, 3.8) is 0 Å². The number of piperazine rings is 1. The van der Waals surface area contributed by atoms with Crippen molar-refractivity contribution in [3.05, 3.63) is 35.0 Å². The van der Waals surface area contributed by atoms with Crippen LogP contribution in [0, 0.1) is 0 Å². The summed E-state index contributed by atoms with van der Waals surface area (Å²) < 4.78 is 35.1. The average molecular weight is 591 g/mol. The molecule has 1 saturated heterocycles. The lowest BCUT2D eigenvalue weighted by Gasteiger charge is -2.35. The summed E-state index contributed by atoms with van der Waals surface area (Å²) in [4.78, 5) is 31.9. The van der Waals surface area contributed by atoms with E-state index in [0.717, 1.165) is 25.0 Å². The Morgan fingerprint density at radius 1 is 1.10 bits per heavy atom. The molecule has 0 bridgehead atoms. The number of hydrogen-bond acceptors (Lipinski definition) is 8. The van der Waals surface area contributed by atoms with Crippen LogP contribution in [0.1, 0.15) is 59.1 Å². The summed E-state index contributed by atoms with van der Waals surface area (Å²) in [5, 5.41) is 6.06. The molecule has 1 aromatic rings. The molecule has 11 nitrogen and oxygen atoms in total. The first-order valence-electron chi connectivity index (χ1n) is 14.6. The highest BCUT2D eigenvalue weighted by Gasteiger charge is 2.40. The van der Waals surface area contributed by atoms with Gasteiger partial charge in [-0.05, 0) is 63.9 Å². The average Bonchev–Trinajstić information content (AvgIpc) is 3.23. The fourth-order valence-electron chi connectivity index (χ4n) is 5.74. The van der Waals surface area contributed by atoms with Crippen molar-refractivity contribution < 1.29 is 22.7 Å². The summed E-state index contributed by atoms with van der Waals surface area (Å²) >= 11 is 0. The molecule has 3 aliphatic heterocycles. The molecule has 3 aliphatic rings. The highest BCUT2D eigenvalue weighted by molar-refractivity contribution is 7.89. The molecule has 3 heterocycles. The second-order valence-electron chi connectivity index (χ2n) is 12.2. The Labute approximate surface area is 244 Å². The van der Waals surface area contributed by atoms with Gasteiger partial charge in [-0.25, -0.2) is 8.42 Å². The van der Waals surface area contributed by atoms with Gasteiger partial charge >= 0.3 is 0 Å². The van der Waals surface area contributed by atoms with E-state index in [2.05, 4.69) is 22.5 Å². The minimum absolute atomic E-state index is 0.0701. The second kappa shape index (κ2) is 12.7. The van der Waals surface area contributed by atoms with Gasteiger partial charge in [-0.15, -0.1) is 0 Å². The Balaban J connectivity index is 1.57. The molecule has 0 aromatic heterocycles. The first kappa shape index (κ1) is 31.3. The predicted octanol–water partition coefficient (Wildman–Crippen LogP) is 1.74. The molecule has 2 N–H and O–H groups in total. The summed E-state index contributed by atoms with van der Waals surface area (Å²) in [6.45, 7) is 14.4. The maximum atomic E-state index is 13.8.